The summed E-state index contributed by atoms with van der Waals surface area (Å²) in [6, 6.07) is 21.6. The number of nitrogens with zero attached hydrogens (tertiary/aromatic N) is 1. The summed E-state index contributed by atoms with van der Waals surface area (Å²) in [6.45, 7) is 0.337. The number of fused-ring (bicyclic) bond motifs is 1. The first-order valence-corrected chi connectivity index (χ1v) is 11.4. The standard InChI is InChI=1S/C28H25NO6/c1-33-21-11-9-20(10-12-21)26-25(22(30)13-7-18-5-3-2-4-6-18)27(31)28(32)29(26)16-19-8-14-23-24(15-19)35-17-34-23/h2-6,8-12,14-15,26,31H,7,13,16-17H2,1H3. The zero-order valence-electron chi connectivity index (χ0n) is 19.3. The van der Waals surface area contributed by atoms with Crippen LogP contribution in [-0.4, -0.2) is 35.6 Å². The Kier molecular flexibility index (Phi) is 6.14. The lowest BCUT2D eigenvalue weighted by Gasteiger charge is -2.27. The molecule has 2 heterocycles. The fourth-order valence-corrected chi connectivity index (χ4v) is 4.51. The van der Waals surface area contributed by atoms with Crippen molar-refractivity contribution in [3.05, 3.63) is 101 Å². The molecule has 0 radical (unpaired) electrons. The predicted octanol–water partition coefficient (Wildman–Crippen LogP) is 4.52. The highest BCUT2D eigenvalue weighted by molar-refractivity contribution is 6.09. The Hall–Kier alpha value is -4.26. The van der Waals surface area contributed by atoms with E-state index in [-0.39, 0.29) is 31.1 Å². The fourth-order valence-electron chi connectivity index (χ4n) is 4.51. The lowest BCUT2D eigenvalue weighted by Crippen LogP contribution is -2.30. The summed E-state index contributed by atoms with van der Waals surface area (Å²) >= 11 is 0. The van der Waals surface area contributed by atoms with Crippen LogP contribution < -0.4 is 14.2 Å². The van der Waals surface area contributed by atoms with Gasteiger partial charge in [-0.25, -0.2) is 0 Å². The summed E-state index contributed by atoms with van der Waals surface area (Å²) < 4.78 is 16.1. The number of ether oxygens (including phenoxy) is 3. The molecule has 178 valence electrons. The molecule has 1 amide bonds. The van der Waals surface area contributed by atoms with E-state index in [4.69, 9.17) is 14.2 Å². The molecule has 2 aliphatic rings. The molecule has 3 aromatic rings. The van der Waals surface area contributed by atoms with E-state index in [1.807, 2.05) is 54.6 Å². The van der Waals surface area contributed by atoms with Crippen LogP contribution in [0.25, 0.3) is 0 Å². The molecule has 3 aromatic carbocycles. The Bertz CT molecular complexity index is 1280. The van der Waals surface area contributed by atoms with E-state index in [2.05, 4.69) is 0 Å². The van der Waals surface area contributed by atoms with E-state index >= 15 is 0 Å². The number of Topliss-reactive ketones (excluding diaryl/α,β-unsaturated/α-hetero) is 1. The second-order valence-corrected chi connectivity index (χ2v) is 8.47. The second kappa shape index (κ2) is 9.54. The largest absolute Gasteiger partial charge is 0.503 e. The Morgan fingerprint density at radius 2 is 1.74 bits per heavy atom. The molecular weight excluding hydrogens is 446 g/mol. The fraction of sp³-hybridized carbons (Fsp3) is 0.214. The number of amides is 1. The van der Waals surface area contributed by atoms with Crippen LogP contribution in [-0.2, 0) is 22.6 Å². The van der Waals surface area contributed by atoms with Gasteiger partial charge in [-0.1, -0.05) is 48.5 Å². The van der Waals surface area contributed by atoms with Crippen LogP contribution in [0, 0.1) is 0 Å². The Balaban J connectivity index is 1.46. The van der Waals surface area contributed by atoms with Crippen molar-refractivity contribution >= 4 is 11.7 Å². The van der Waals surface area contributed by atoms with Gasteiger partial charge in [-0.3, -0.25) is 9.59 Å². The molecule has 0 fully saturated rings. The minimum absolute atomic E-state index is 0.122. The van der Waals surface area contributed by atoms with Gasteiger partial charge in [-0.15, -0.1) is 0 Å². The molecule has 5 rings (SSSR count). The minimum atomic E-state index is -0.720. The molecule has 2 aliphatic heterocycles. The van der Waals surface area contributed by atoms with Crippen LogP contribution >= 0.6 is 0 Å². The van der Waals surface area contributed by atoms with Crippen molar-refractivity contribution in [2.45, 2.75) is 25.4 Å². The number of rotatable bonds is 8. The van der Waals surface area contributed by atoms with E-state index in [0.717, 1.165) is 11.1 Å². The van der Waals surface area contributed by atoms with Gasteiger partial charge < -0.3 is 24.2 Å². The van der Waals surface area contributed by atoms with Gasteiger partial charge in [0.25, 0.3) is 5.91 Å². The summed E-state index contributed by atoms with van der Waals surface area (Å²) in [5.41, 5.74) is 2.65. The number of carbonyl (C=O) groups excluding carboxylic acids is 2. The van der Waals surface area contributed by atoms with Gasteiger partial charge in [0.15, 0.2) is 23.0 Å². The van der Waals surface area contributed by atoms with Crippen LogP contribution in [0.3, 0.4) is 0 Å². The molecule has 1 atom stereocenters. The van der Waals surface area contributed by atoms with Gasteiger partial charge in [0.2, 0.25) is 6.79 Å². The van der Waals surface area contributed by atoms with Crippen LogP contribution in [0.15, 0.2) is 84.1 Å². The number of aliphatic hydroxyl groups excluding tert-OH is 1. The van der Waals surface area contributed by atoms with Gasteiger partial charge in [0.1, 0.15) is 5.75 Å². The second-order valence-electron chi connectivity index (χ2n) is 8.47. The van der Waals surface area contributed by atoms with Crippen molar-refractivity contribution in [2.24, 2.45) is 0 Å². The van der Waals surface area contributed by atoms with Crippen molar-refractivity contribution in [1.29, 1.82) is 0 Å². The lowest BCUT2D eigenvalue weighted by molar-refractivity contribution is -0.130. The third-order valence-electron chi connectivity index (χ3n) is 6.31. The number of benzene rings is 3. The van der Waals surface area contributed by atoms with Gasteiger partial charge in [-0.05, 0) is 47.4 Å². The first-order valence-electron chi connectivity index (χ1n) is 11.4. The Morgan fingerprint density at radius 3 is 2.49 bits per heavy atom. The van der Waals surface area contributed by atoms with Crippen LogP contribution in [0.1, 0.15) is 29.2 Å². The van der Waals surface area contributed by atoms with Crippen LogP contribution in [0.5, 0.6) is 17.2 Å². The topological polar surface area (TPSA) is 85.3 Å². The molecule has 1 N–H and O–H groups in total. The zero-order valence-corrected chi connectivity index (χ0v) is 19.3. The van der Waals surface area contributed by atoms with Gasteiger partial charge in [-0.2, -0.15) is 0 Å². The van der Waals surface area contributed by atoms with E-state index in [9.17, 15) is 14.7 Å². The number of hydrogen-bond donors (Lipinski definition) is 1. The van der Waals surface area contributed by atoms with Gasteiger partial charge in [0.05, 0.1) is 18.7 Å². The number of methoxy groups -OCH3 is 1. The third-order valence-corrected chi connectivity index (χ3v) is 6.31. The molecule has 35 heavy (non-hydrogen) atoms. The van der Waals surface area contributed by atoms with Crippen molar-refractivity contribution < 1.29 is 28.9 Å². The Morgan fingerprint density at radius 1 is 1.00 bits per heavy atom. The summed E-state index contributed by atoms with van der Waals surface area (Å²) in [6.07, 6.45) is 0.698. The average molecular weight is 472 g/mol. The quantitative estimate of drug-likeness (QED) is 0.520. The van der Waals surface area contributed by atoms with Crippen molar-refractivity contribution in [3.63, 3.8) is 0 Å². The summed E-state index contributed by atoms with van der Waals surface area (Å²) in [4.78, 5) is 28.1. The van der Waals surface area contributed by atoms with E-state index < -0.39 is 17.7 Å². The molecule has 0 aliphatic carbocycles. The highest BCUT2D eigenvalue weighted by atomic mass is 16.7. The smallest absolute Gasteiger partial charge is 0.290 e. The molecule has 0 saturated heterocycles. The summed E-state index contributed by atoms with van der Waals surface area (Å²) in [7, 11) is 1.57. The minimum Gasteiger partial charge on any atom is -0.503 e. The zero-order chi connectivity index (χ0) is 24.4. The Labute approximate surface area is 203 Å². The van der Waals surface area contributed by atoms with Crippen molar-refractivity contribution in [3.8, 4) is 17.2 Å². The van der Waals surface area contributed by atoms with Gasteiger partial charge >= 0.3 is 0 Å². The molecule has 0 bridgehead atoms. The normalized spacial score (nSPS) is 16.7. The van der Waals surface area contributed by atoms with Crippen LogP contribution in [0.4, 0.5) is 0 Å². The molecule has 0 spiro atoms. The van der Waals surface area contributed by atoms with Crippen molar-refractivity contribution in [2.75, 3.05) is 13.9 Å². The highest BCUT2D eigenvalue weighted by Gasteiger charge is 2.43. The summed E-state index contributed by atoms with van der Waals surface area (Å²) in [5, 5.41) is 10.9. The predicted molar refractivity (Wildman–Crippen MR) is 128 cm³/mol. The molecule has 7 nitrogen and oxygen atoms in total. The maximum Gasteiger partial charge on any atom is 0.290 e. The third kappa shape index (κ3) is 4.45. The number of carbonyl (C=O) groups is 2. The molecule has 0 aromatic heterocycles. The highest BCUT2D eigenvalue weighted by Crippen LogP contribution is 2.41. The number of aliphatic hydroxyl groups is 1. The summed E-state index contributed by atoms with van der Waals surface area (Å²) in [5.74, 6) is 0.577. The molecular formula is C28H25NO6. The average Bonchev–Trinajstić information content (AvgIpc) is 3.46. The van der Waals surface area contributed by atoms with E-state index in [0.29, 0.717) is 29.2 Å². The SMILES string of the molecule is COc1ccc(C2C(C(=O)CCc3ccccc3)=C(O)C(=O)N2Cc2ccc3c(c2)OCO3)cc1. The maximum atomic E-state index is 13.4. The number of aryl methyl sites for hydroxylation is 1. The van der Waals surface area contributed by atoms with Gasteiger partial charge in [0, 0.05) is 13.0 Å². The molecule has 0 saturated carbocycles. The van der Waals surface area contributed by atoms with Crippen molar-refractivity contribution in [1.82, 2.24) is 4.90 Å². The molecule has 7 heteroatoms. The first kappa shape index (κ1) is 22.5. The number of ketones is 1. The number of hydrogen-bond acceptors (Lipinski definition) is 6. The van der Waals surface area contributed by atoms with E-state index in [1.165, 1.54) is 4.90 Å². The first-order chi connectivity index (χ1) is 17.0. The lowest BCUT2D eigenvalue weighted by atomic mass is 9.93. The van der Waals surface area contributed by atoms with Crippen LogP contribution in [0.2, 0.25) is 0 Å². The van der Waals surface area contributed by atoms with E-state index in [1.54, 1.807) is 25.3 Å². The monoisotopic (exact) mass is 471 g/mol. The molecule has 1 unspecified atom stereocenters. The maximum absolute atomic E-state index is 13.4.